The summed E-state index contributed by atoms with van der Waals surface area (Å²) in [6.07, 6.45) is -0.382. The lowest BCUT2D eigenvalue weighted by Gasteiger charge is -2.36. The number of carbonyl (C=O) groups is 2. The zero-order valence-corrected chi connectivity index (χ0v) is 18.7. The van der Waals surface area contributed by atoms with E-state index in [9.17, 15) is 18.0 Å². The molecular formula is C24H23N3O5S. The number of benzene rings is 3. The van der Waals surface area contributed by atoms with Crippen molar-refractivity contribution in [3.05, 3.63) is 78.9 Å². The van der Waals surface area contributed by atoms with Gasteiger partial charge in [0.1, 0.15) is 11.8 Å². The lowest BCUT2D eigenvalue weighted by Crippen LogP contribution is -2.52. The molecule has 0 radical (unpaired) electrons. The molecule has 0 aromatic heterocycles. The van der Waals surface area contributed by atoms with Crippen LogP contribution in [0.15, 0.2) is 83.8 Å². The monoisotopic (exact) mass is 465 g/mol. The molecule has 4 rings (SSSR count). The number of nitrogens with one attached hydrogen (secondary N) is 2. The van der Waals surface area contributed by atoms with Crippen molar-refractivity contribution in [2.24, 2.45) is 0 Å². The van der Waals surface area contributed by atoms with E-state index in [0.29, 0.717) is 29.4 Å². The van der Waals surface area contributed by atoms with Crippen LogP contribution in [0.5, 0.6) is 5.75 Å². The molecule has 1 atom stereocenters. The topological polar surface area (TPSA) is 105 Å². The Bertz CT molecular complexity index is 1280. The third-order valence-electron chi connectivity index (χ3n) is 5.12. The van der Waals surface area contributed by atoms with E-state index in [2.05, 4.69) is 10.6 Å². The first kappa shape index (κ1) is 22.3. The normalized spacial score (nSPS) is 15.4. The molecule has 0 aliphatic carbocycles. The van der Waals surface area contributed by atoms with Crippen LogP contribution in [0.2, 0.25) is 0 Å². The van der Waals surface area contributed by atoms with Crippen molar-refractivity contribution in [2.45, 2.75) is 24.3 Å². The smallest absolute Gasteiger partial charge is 0.265 e. The van der Waals surface area contributed by atoms with Crippen LogP contribution < -0.4 is 19.7 Å². The lowest BCUT2D eigenvalue weighted by molar-refractivity contribution is -0.122. The van der Waals surface area contributed by atoms with Crippen molar-refractivity contribution >= 4 is 38.9 Å². The molecule has 1 aliphatic heterocycles. The van der Waals surface area contributed by atoms with Gasteiger partial charge in [-0.1, -0.05) is 42.5 Å². The molecule has 0 saturated heterocycles. The van der Waals surface area contributed by atoms with Gasteiger partial charge in [0, 0.05) is 0 Å². The highest BCUT2D eigenvalue weighted by molar-refractivity contribution is 7.93. The Morgan fingerprint density at radius 1 is 1.00 bits per heavy atom. The zero-order valence-electron chi connectivity index (χ0n) is 17.9. The summed E-state index contributed by atoms with van der Waals surface area (Å²) in [6, 6.07) is 20.1. The summed E-state index contributed by atoms with van der Waals surface area (Å²) in [6.45, 7) is 2.24. The van der Waals surface area contributed by atoms with Gasteiger partial charge in [-0.05, 0) is 43.3 Å². The molecule has 170 valence electrons. The molecule has 2 amide bonds. The molecule has 3 aromatic carbocycles. The van der Waals surface area contributed by atoms with E-state index in [1.807, 2.05) is 6.92 Å². The summed E-state index contributed by atoms with van der Waals surface area (Å²) in [7, 11) is -4.12. The zero-order chi connectivity index (χ0) is 23.4. The number of amides is 2. The summed E-state index contributed by atoms with van der Waals surface area (Å²) in [5.41, 5.74) is 1.10. The molecule has 8 nitrogen and oxygen atoms in total. The summed E-state index contributed by atoms with van der Waals surface area (Å²) in [5.74, 6) is -0.614. The number of sulfonamides is 1. The number of rotatable bonds is 7. The van der Waals surface area contributed by atoms with Crippen LogP contribution in [-0.2, 0) is 19.6 Å². The molecule has 0 unspecified atom stereocenters. The summed E-state index contributed by atoms with van der Waals surface area (Å²) in [4.78, 5) is 25.9. The van der Waals surface area contributed by atoms with E-state index in [0.717, 1.165) is 4.31 Å². The predicted molar refractivity (Wildman–Crippen MR) is 126 cm³/mol. The fourth-order valence-electron chi connectivity index (χ4n) is 3.67. The number of carbonyl (C=O) groups excluding carboxylic acids is 2. The van der Waals surface area contributed by atoms with E-state index in [4.69, 9.17) is 4.74 Å². The lowest BCUT2D eigenvalue weighted by atomic mass is 10.1. The molecule has 0 saturated carbocycles. The highest BCUT2D eigenvalue weighted by Crippen LogP contribution is 2.37. The van der Waals surface area contributed by atoms with E-state index in [-0.39, 0.29) is 11.3 Å². The van der Waals surface area contributed by atoms with Gasteiger partial charge >= 0.3 is 0 Å². The Morgan fingerprint density at radius 3 is 2.42 bits per heavy atom. The predicted octanol–water partition coefficient (Wildman–Crippen LogP) is 3.63. The van der Waals surface area contributed by atoms with Crippen molar-refractivity contribution in [2.75, 3.05) is 21.5 Å². The van der Waals surface area contributed by atoms with Gasteiger partial charge in [0.05, 0.1) is 35.0 Å². The van der Waals surface area contributed by atoms with Crippen LogP contribution in [0.25, 0.3) is 0 Å². The SMILES string of the molecule is CCOc1ccccc1NC(=O)C[C@H]1C(=O)Nc2ccccc2N1S(=O)(=O)c1ccccc1. The van der Waals surface area contributed by atoms with Gasteiger partial charge in [-0.25, -0.2) is 8.42 Å². The van der Waals surface area contributed by atoms with E-state index < -0.39 is 27.9 Å². The maximum atomic E-state index is 13.6. The van der Waals surface area contributed by atoms with Gasteiger partial charge < -0.3 is 15.4 Å². The van der Waals surface area contributed by atoms with Gasteiger partial charge in [0.25, 0.3) is 10.0 Å². The molecule has 1 aliphatic rings. The molecule has 1 heterocycles. The molecule has 9 heteroatoms. The summed E-state index contributed by atoms with van der Waals surface area (Å²) >= 11 is 0. The Morgan fingerprint density at radius 2 is 1.67 bits per heavy atom. The van der Waals surface area contributed by atoms with Crippen molar-refractivity contribution in [3.63, 3.8) is 0 Å². The van der Waals surface area contributed by atoms with Crippen LogP contribution in [0.1, 0.15) is 13.3 Å². The third-order valence-corrected chi connectivity index (χ3v) is 6.96. The fourth-order valence-corrected chi connectivity index (χ4v) is 5.32. The maximum absolute atomic E-state index is 13.6. The number of hydrogen-bond acceptors (Lipinski definition) is 5. The second kappa shape index (κ2) is 9.33. The average Bonchev–Trinajstić information content (AvgIpc) is 2.81. The van der Waals surface area contributed by atoms with E-state index >= 15 is 0 Å². The molecule has 2 N–H and O–H groups in total. The molecular weight excluding hydrogens is 442 g/mol. The van der Waals surface area contributed by atoms with Gasteiger partial charge in [-0.15, -0.1) is 0 Å². The first-order valence-electron chi connectivity index (χ1n) is 10.4. The highest BCUT2D eigenvalue weighted by atomic mass is 32.2. The number of nitrogens with zero attached hydrogens (tertiary/aromatic N) is 1. The molecule has 0 fully saturated rings. The van der Waals surface area contributed by atoms with E-state index in [1.54, 1.807) is 66.7 Å². The van der Waals surface area contributed by atoms with Crippen molar-refractivity contribution in [1.82, 2.24) is 0 Å². The molecule has 0 bridgehead atoms. The van der Waals surface area contributed by atoms with Crippen LogP contribution in [0, 0.1) is 0 Å². The molecule has 33 heavy (non-hydrogen) atoms. The van der Waals surface area contributed by atoms with Crippen molar-refractivity contribution < 1.29 is 22.7 Å². The largest absolute Gasteiger partial charge is 0.492 e. The molecule has 0 spiro atoms. The van der Waals surface area contributed by atoms with Crippen LogP contribution in [0.4, 0.5) is 17.1 Å². The quantitative estimate of drug-likeness (QED) is 0.554. The summed E-state index contributed by atoms with van der Waals surface area (Å²) in [5, 5.41) is 5.45. The summed E-state index contributed by atoms with van der Waals surface area (Å²) < 4.78 is 33.7. The van der Waals surface area contributed by atoms with Gasteiger partial charge in [0.15, 0.2) is 0 Å². The second-order valence-electron chi connectivity index (χ2n) is 7.32. The Hall–Kier alpha value is -3.85. The van der Waals surface area contributed by atoms with Gasteiger partial charge in [0.2, 0.25) is 11.8 Å². The average molecular weight is 466 g/mol. The number of ether oxygens (including phenoxy) is 1. The van der Waals surface area contributed by atoms with Crippen LogP contribution in [-0.4, -0.2) is 32.9 Å². The first-order chi connectivity index (χ1) is 15.9. The Labute approximate surface area is 192 Å². The van der Waals surface area contributed by atoms with Crippen LogP contribution in [0.3, 0.4) is 0 Å². The Kier molecular flexibility index (Phi) is 6.32. The van der Waals surface area contributed by atoms with Gasteiger partial charge in [-0.3, -0.25) is 13.9 Å². The third kappa shape index (κ3) is 4.54. The number of para-hydroxylation sites is 4. The van der Waals surface area contributed by atoms with Gasteiger partial charge in [-0.2, -0.15) is 0 Å². The molecule has 3 aromatic rings. The number of hydrogen-bond donors (Lipinski definition) is 2. The maximum Gasteiger partial charge on any atom is 0.265 e. The van der Waals surface area contributed by atoms with E-state index in [1.165, 1.54) is 12.1 Å². The van der Waals surface area contributed by atoms with Crippen molar-refractivity contribution in [3.8, 4) is 5.75 Å². The second-order valence-corrected chi connectivity index (χ2v) is 9.13. The first-order valence-corrected chi connectivity index (χ1v) is 11.9. The minimum absolute atomic E-state index is 0.0293. The Balaban J connectivity index is 1.69. The van der Waals surface area contributed by atoms with Crippen LogP contribution >= 0.6 is 0 Å². The minimum Gasteiger partial charge on any atom is -0.492 e. The number of anilines is 3. The fraction of sp³-hybridized carbons (Fsp3) is 0.167. The number of fused-ring (bicyclic) bond motifs is 1. The van der Waals surface area contributed by atoms with Crippen molar-refractivity contribution in [1.29, 1.82) is 0 Å². The standard InChI is InChI=1S/C24H23N3O5S/c1-2-32-22-15-9-7-13-19(22)25-23(28)16-21-24(29)26-18-12-6-8-14-20(18)27(21)33(30,31)17-10-4-3-5-11-17/h3-15,21H,2,16H2,1H3,(H,25,28)(H,26,29)/t21-/m0/s1. The minimum atomic E-state index is -4.12. The highest BCUT2D eigenvalue weighted by Gasteiger charge is 2.42.